The molecule has 0 rings (SSSR count). The Bertz CT molecular complexity index is 341. The van der Waals surface area contributed by atoms with Gasteiger partial charge in [-0.1, -0.05) is 103 Å². The van der Waals surface area contributed by atoms with Gasteiger partial charge in [-0.25, -0.2) is 4.79 Å². The standard InChI is InChI=1S/C21H38O3/c1-2-3-4-5-6-7-8-9-10-11-12-13-14-15-16-17-20(22)18-19-21(23)24/h20,22H,2-17H2,1H3,(H,23,24). The average molecular weight is 339 g/mol. The summed E-state index contributed by atoms with van der Waals surface area (Å²) in [6.07, 6.45) is 19.5. The van der Waals surface area contributed by atoms with Crippen molar-refractivity contribution in [3.8, 4) is 11.8 Å². The molecule has 0 saturated carbocycles. The lowest BCUT2D eigenvalue weighted by Crippen LogP contribution is -2.03. The van der Waals surface area contributed by atoms with Gasteiger partial charge in [0.1, 0.15) is 6.10 Å². The third-order valence-corrected chi connectivity index (χ3v) is 4.43. The molecule has 0 aromatic heterocycles. The van der Waals surface area contributed by atoms with Gasteiger partial charge < -0.3 is 10.2 Å². The third-order valence-electron chi connectivity index (χ3n) is 4.43. The van der Waals surface area contributed by atoms with Crippen molar-refractivity contribution in [2.24, 2.45) is 0 Å². The number of carbonyl (C=O) groups is 1. The van der Waals surface area contributed by atoms with Gasteiger partial charge in [-0.15, -0.1) is 0 Å². The maximum atomic E-state index is 10.2. The molecule has 0 fully saturated rings. The normalized spacial score (nSPS) is 11.8. The van der Waals surface area contributed by atoms with Crippen molar-refractivity contribution in [3.63, 3.8) is 0 Å². The Morgan fingerprint density at radius 3 is 1.50 bits per heavy atom. The number of aliphatic hydroxyl groups is 1. The van der Waals surface area contributed by atoms with Gasteiger partial charge in [0.15, 0.2) is 0 Å². The van der Waals surface area contributed by atoms with Crippen molar-refractivity contribution in [1.82, 2.24) is 0 Å². The molecule has 0 radical (unpaired) electrons. The summed E-state index contributed by atoms with van der Waals surface area (Å²) >= 11 is 0. The number of aliphatic hydroxyl groups excluding tert-OH is 1. The highest BCUT2D eigenvalue weighted by atomic mass is 16.4. The minimum Gasteiger partial charge on any atom is -0.472 e. The first-order valence-corrected chi connectivity index (χ1v) is 10.1. The molecule has 0 aromatic carbocycles. The summed E-state index contributed by atoms with van der Waals surface area (Å²) in [5.41, 5.74) is 0. The molecule has 2 N–H and O–H groups in total. The Balaban J connectivity index is 3.15. The van der Waals surface area contributed by atoms with Crippen molar-refractivity contribution < 1.29 is 15.0 Å². The van der Waals surface area contributed by atoms with Gasteiger partial charge in [-0.05, 0) is 12.8 Å². The first kappa shape index (κ1) is 23.0. The SMILES string of the molecule is CCCCCCCCCCCCCCCCCC(O)C#CC(=O)O. The van der Waals surface area contributed by atoms with E-state index in [4.69, 9.17) is 5.11 Å². The highest BCUT2D eigenvalue weighted by Crippen LogP contribution is 2.13. The van der Waals surface area contributed by atoms with Gasteiger partial charge >= 0.3 is 5.97 Å². The lowest BCUT2D eigenvalue weighted by molar-refractivity contribution is -0.130. The summed E-state index contributed by atoms with van der Waals surface area (Å²) in [7, 11) is 0. The van der Waals surface area contributed by atoms with Crippen LogP contribution >= 0.6 is 0 Å². The molecule has 0 aliphatic heterocycles. The number of unbranched alkanes of at least 4 members (excludes halogenated alkanes) is 14. The minimum atomic E-state index is -1.18. The molecule has 3 heteroatoms. The van der Waals surface area contributed by atoms with Gasteiger partial charge in [0.2, 0.25) is 0 Å². The Hall–Kier alpha value is -1.01. The van der Waals surface area contributed by atoms with Crippen molar-refractivity contribution in [2.75, 3.05) is 0 Å². The molecule has 1 atom stereocenters. The van der Waals surface area contributed by atoms with Crippen LogP contribution in [-0.2, 0) is 4.79 Å². The predicted molar refractivity (Wildman–Crippen MR) is 101 cm³/mol. The van der Waals surface area contributed by atoms with Gasteiger partial charge in [0.25, 0.3) is 0 Å². The van der Waals surface area contributed by atoms with E-state index in [9.17, 15) is 9.90 Å². The summed E-state index contributed by atoms with van der Waals surface area (Å²) in [5, 5.41) is 17.8. The quantitative estimate of drug-likeness (QED) is 0.280. The van der Waals surface area contributed by atoms with E-state index in [2.05, 4.69) is 12.8 Å². The second kappa shape index (κ2) is 18.3. The first-order valence-electron chi connectivity index (χ1n) is 10.1. The van der Waals surface area contributed by atoms with E-state index < -0.39 is 12.1 Å². The van der Waals surface area contributed by atoms with E-state index >= 15 is 0 Å². The number of hydrogen-bond donors (Lipinski definition) is 2. The van der Waals surface area contributed by atoms with Gasteiger partial charge in [-0.3, -0.25) is 0 Å². The highest BCUT2D eigenvalue weighted by Gasteiger charge is 2.00. The molecule has 0 saturated heterocycles. The van der Waals surface area contributed by atoms with Crippen molar-refractivity contribution in [2.45, 2.75) is 116 Å². The molecular weight excluding hydrogens is 300 g/mol. The molecule has 0 spiro atoms. The van der Waals surface area contributed by atoms with E-state index in [-0.39, 0.29) is 0 Å². The number of carboxylic acid groups (broad SMARTS) is 1. The molecule has 3 nitrogen and oxygen atoms in total. The van der Waals surface area contributed by atoms with Gasteiger partial charge in [0.05, 0.1) is 0 Å². The minimum absolute atomic E-state index is 0.582. The van der Waals surface area contributed by atoms with Crippen LogP contribution in [0.4, 0.5) is 0 Å². The topological polar surface area (TPSA) is 57.5 Å². The van der Waals surface area contributed by atoms with E-state index in [1.807, 2.05) is 5.92 Å². The Kier molecular flexibility index (Phi) is 17.6. The Morgan fingerprint density at radius 1 is 0.750 bits per heavy atom. The monoisotopic (exact) mass is 338 g/mol. The van der Waals surface area contributed by atoms with Crippen LogP contribution in [0.5, 0.6) is 0 Å². The zero-order valence-corrected chi connectivity index (χ0v) is 15.7. The summed E-state index contributed by atoms with van der Waals surface area (Å²) in [6.45, 7) is 2.26. The molecule has 0 bridgehead atoms. The molecule has 24 heavy (non-hydrogen) atoms. The Morgan fingerprint density at radius 2 is 1.12 bits per heavy atom. The second-order valence-electron chi connectivity index (χ2n) is 6.83. The summed E-state index contributed by atoms with van der Waals surface area (Å²) in [6, 6.07) is 0. The number of aliphatic carboxylic acids is 1. The van der Waals surface area contributed by atoms with Crippen LogP contribution in [0.1, 0.15) is 110 Å². The highest BCUT2D eigenvalue weighted by molar-refractivity contribution is 5.86. The van der Waals surface area contributed by atoms with E-state index in [1.54, 1.807) is 0 Å². The van der Waals surface area contributed by atoms with Crippen LogP contribution in [-0.4, -0.2) is 22.3 Å². The van der Waals surface area contributed by atoms with Crippen LogP contribution in [0.25, 0.3) is 0 Å². The van der Waals surface area contributed by atoms with Gasteiger partial charge in [0, 0.05) is 5.92 Å². The van der Waals surface area contributed by atoms with Crippen LogP contribution in [0, 0.1) is 11.8 Å². The average Bonchev–Trinajstić information content (AvgIpc) is 2.56. The first-order chi connectivity index (χ1) is 11.7. The van der Waals surface area contributed by atoms with E-state index in [1.165, 1.54) is 83.5 Å². The maximum Gasteiger partial charge on any atom is 0.381 e. The maximum absolute atomic E-state index is 10.2. The van der Waals surface area contributed by atoms with Crippen molar-refractivity contribution in [1.29, 1.82) is 0 Å². The Labute approximate surface area is 149 Å². The fraction of sp³-hybridized carbons (Fsp3) is 0.857. The summed E-state index contributed by atoms with van der Waals surface area (Å²) in [5.74, 6) is 3.13. The van der Waals surface area contributed by atoms with Crippen LogP contribution in [0.15, 0.2) is 0 Å². The molecule has 0 amide bonds. The van der Waals surface area contributed by atoms with Crippen LogP contribution < -0.4 is 0 Å². The number of carboxylic acids is 1. The lowest BCUT2D eigenvalue weighted by atomic mass is 10.0. The van der Waals surface area contributed by atoms with E-state index in [0.717, 1.165) is 12.8 Å². The van der Waals surface area contributed by atoms with Crippen molar-refractivity contribution in [3.05, 3.63) is 0 Å². The largest absolute Gasteiger partial charge is 0.472 e. The zero-order valence-electron chi connectivity index (χ0n) is 15.7. The number of rotatable bonds is 16. The lowest BCUT2D eigenvalue weighted by Gasteiger charge is -2.04. The zero-order chi connectivity index (χ0) is 17.9. The molecule has 1 unspecified atom stereocenters. The predicted octanol–water partition coefficient (Wildman–Crippen LogP) is 5.70. The fourth-order valence-corrected chi connectivity index (χ4v) is 2.93. The summed E-state index contributed by atoms with van der Waals surface area (Å²) in [4.78, 5) is 10.2. The molecule has 0 aliphatic rings. The van der Waals surface area contributed by atoms with Crippen molar-refractivity contribution >= 4 is 5.97 Å². The molecular formula is C21H38O3. The molecule has 140 valence electrons. The molecule has 0 heterocycles. The molecule has 0 aromatic rings. The molecule has 0 aliphatic carbocycles. The number of hydrogen-bond acceptors (Lipinski definition) is 2. The van der Waals surface area contributed by atoms with Crippen LogP contribution in [0.3, 0.4) is 0 Å². The van der Waals surface area contributed by atoms with E-state index in [0.29, 0.717) is 6.42 Å². The van der Waals surface area contributed by atoms with Crippen LogP contribution in [0.2, 0.25) is 0 Å². The van der Waals surface area contributed by atoms with Gasteiger partial charge in [-0.2, -0.15) is 0 Å². The fourth-order valence-electron chi connectivity index (χ4n) is 2.93. The summed E-state index contributed by atoms with van der Waals surface area (Å²) < 4.78 is 0. The second-order valence-corrected chi connectivity index (χ2v) is 6.83. The third kappa shape index (κ3) is 19.0. The smallest absolute Gasteiger partial charge is 0.381 e.